The molecule has 2 aromatic rings. The maximum atomic E-state index is 13.1. The van der Waals surface area contributed by atoms with E-state index in [1.165, 1.54) is 12.1 Å². The van der Waals surface area contributed by atoms with Gasteiger partial charge in [0.2, 0.25) is 0 Å². The summed E-state index contributed by atoms with van der Waals surface area (Å²) in [5.41, 5.74) is 0.891. The van der Waals surface area contributed by atoms with Crippen LogP contribution >= 0.6 is 23.4 Å². The molecule has 1 aliphatic heterocycles. The lowest BCUT2D eigenvalue weighted by atomic mass is 10.2. The van der Waals surface area contributed by atoms with Gasteiger partial charge in [-0.25, -0.2) is 4.39 Å². The highest BCUT2D eigenvalue weighted by molar-refractivity contribution is 7.98. The van der Waals surface area contributed by atoms with Crippen molar-refractivity contribution in [3.05, 3.63) is 40.4 Å². The van der Waals surface area contributed by atoms with E-state index in [1.54, 1.807) is 17.8 Å². The predicted octanol–water partition coefficient (Wildman–Crippen LogP) is 4.10. The van der Waals surface area contributed by atoms with Gasteiger partial charge < -0.3 is 9.30 Å². The third kappa shape index (κ3) is 4.05. The van der Waals surface area contributed by atoms with Crippen LogP contribution in [0.2, 0.25) is 5.02 Å². The quantitative estimate of drug-likeness (QED) is 0.731. The van der Waals surface area contributed by atoms with Gasteiger partial charge in [0.25, 0.3) is 0 Å². The van der Waals surface area contributed by atoms with E-state index >= 15 is 0 Å². The first-order chi connectivity index (χ1) is 11.2. The summed E-state index contributed by atoms with van der Waals surface area (Å²) in [5, 5.41) is 9.87. The Bertz CT molecular complexity index is 673. The number of ether oxygens (including phenoxy) is 1. The van der Waals surface area contributed by atoms with Crippen LogP contribution in [0.25, 0.3) is 0 Å². The average Bonchev–Trinajstić information content (AvgIpc) is 3.17. The van der Waals surface area contributed by atoms with E-state index in [-0.39, 0.29) is 11.9 Å². The number of hydrogen-bond acceptors (Lipinski definition) is 4. The number of benzene rings is 1. The van der Waals surface area contributed by atoms with E-state index in [1.807, 2.05) is 0 Å². The normalized spacial score (nSPS) is 17.8. The van der Waals surface area contributed by atoms with Crippen LogP contribution in [-0.4, -0.2) is 27.5 Å². The molecule has 1 unspecified atom stereocenters. The van der Waals surface area contributed by atoms with Crippen LogP contribution in [0.4, 0.5) is 4.39 Å². The van der Waals surface area contributed by atoms with Gasteiger partial charge in [-0.15, -0.1) is 10.2 Å². The summed E-state index contributed by atoms with van der Waals surface area (Å²) in [6.07, 6.45) is 3.26. The predicted molar refractivity (Wildman–Crippen MR) is 89.3 cm³/mol. The van der Waals surface area contributed by atoms with Crippen LogP contribution in [-0.2, 0) is 23.5 Å². The highest BCUT2D eigenvalue weighted by Crippen LogP contribution is 2.28. The Morgan fingerprint density at radius 1 is 1.43 bits per heavy atom. The van der Waals surface area contributed by atoms with Crippen LogP contribution in [0.1, 0.15) is 31.2 Å². The molecule has 1 fully saturated rings. The molecule has 0 bridgehead atoms. The molecule has 3 rings (SSSR count). The van der Waals surface area contributed by atoms with E-state index in [9.17, 15) is 4.39 Å². The van der Waals surface area contributed by atoms with Gasteiger partial charge in [-0.3, -0.25) is 0 Å². The molecule has 124 valence electrons. The number of aryl methyl sites for hydroxylation is 1. The minimum absolute atomic E-state index is 0.241. The van der Waals surface area contributed by atoms with Crippen molar-refractivity contribution >= 4 is 23.4 Å². The van der Waals surface area contributed by atoms with Gasteiger partial charge in [-0.05, 0) is 30.5 Å². The van der Waals surface area contributed by atoms with Gasteiger partial charge >= 0.3 is 0 Å². The maximum Gasteiger partial charge on any atom is 0.191 e. The summed E-state index contributed by atoms with van der Waals surface area (Å²) in [5.74, 6) is 1.28. The first-order valence-corrected chi connectivity index (χ1v) is 9.14. The molecule has 7 heteroatoms. The second-order valence-corrected chi connectivity index (χ2v) is 6.87. The topological polar surface area (TPSA) is 39.9 Å². The van der Waals surface area contributed by atoms with Crippen molar-refractivity contribution in [1.29, 1.82) is 0 Å². The summed E-state index contributed by atoms with van der Waals surface area (Å²) in [4.78, 5) is 0. The second kappa shape index (κ2) is 7.64. The molecule has 4 nitrogen and oxygen atoms in total. The van der Waals surface area contributed by atoms with Crippen molar-refractivity contribution in [3.8, 4) is 0 Å². The summed E-state index contributed by atoms with van der Waals surface area (Å²) in [7, 11) is 0. The van der Waals surface area contributed by atoms with Gasteiger partial charge in [-0.2, -0.15) is 0 Å². The largest absolute Gasteiger partial charge is 0.376 e. The standard InChI is InChI=1S/C16H19ClFN3OS/c1-2-15-19-20-16(21(15)9-13-4-3-7-22-13)23-10-11-5-6-12(18)8-14(11)17/h5-6,8,13H,2-4,7,9-10H2,1H3. The van der Waals surface area contributed by atoms with Crippen molar-refractivity contribution in [3.63, 3.8) is 0 Å². The average molecular weight is 356 g/mol. The summed E-state index contributed by atoms with van der Waals surface area (Å²) in [6, 6.07) is 4.48. The molecule has 1 atom stereocenters. The minimum atomic E-state index is -0.321. The first kappa shape index (κ1) is 16.7. The Morgan fingerprint density at radius 2 is 2.30 bits per heavy atom. The molecular formula is C16H19ClFN3OS. The Morgan fingerprint density at radius 3 is 3.00 bits per heavy atom. The fourth-order valence-electron chi connectivity index (χ4n) is 2.64. The Balaban J connectivity index is 1.72. The van der Waals surface area contributed by atoms with Gasteiger partial charge in [0, 0.05) is 23.8 Å². The fourth-order valence-corrected chi connectivity index (χ4v) is 3.93. The summed E-state index contributed by atoms with van der Waals surface area (Å²) in [6.45, 7) is 3.69. The monoisotopic (exact) mass is 355 g/mol. The molecule has 0 saturated carbocycles. The Hall–Kier alpha value is -1.11. The van der Waals surface area contributed by atoms with Crippen molar-refractivity contribution in [2.75, 3.05) is 6.61 Å². The first-order valence-electron chi connectivity index (χ1n) is 7.77. The summed E-state index contributed by atoms with van der Waals surface area (Å²) >= 11 is 7.66. The van der Waals surface area contributed by atoms with E-state index in [4.69, 9.17) is 16.3 Å². The lowest BCUT2D eigenvalue weighted by Crippen LogP contribution is -2.17. The molecule has 0 spiro atoms. The van der Waals surface area contributed by atoms with E-state index in [0.29, 0.717) is 10.8 Å². The van der Waals surface area contributed by atoms with Crippen LogP contribution in [0, 0.1) is 5.82 Å². The maximum absolute atomic E-state index is 13.1. The molecule has 1 aromatic heterocycles. The zero-order chi connectivity index (χ0) is 16.2. The highest BCUT2D eigenvalue weighted by Gasteiger charge is 2.20. The smallest absolute Gasteiger partial charge is 0.191 e. The number of halogens is 2. The van der Waals surface area contributed by atoms with E-state index < -0.39 is 0 Å². The minimum Gasteiger partial charge on any atom is -0.376 e. The molecular weight excluding hydrogens is 337 g/mol. The number of nitrogens with zero attached hydrogens (tertiary/aromatic N) is 3. The third-order valence-electron chi connectivity index (χ3n) is 3.89. The van der Waals surface area contributed by atoms with Crippen molar-refractivity contribution in [2.45, 2.75) is 49.7 Å². The molecule has 2 heterocycles. The highest BCUT2D eigenvalue weighted by atomic mass is 35.5. The number of rotatable bonds is 6. The second-order valence-electron chi connectivity index (χ2n) is 5.52. The molecule has 1 aliphatic rings. The number of hydrogen-bond donors (Lipinski definition) is 0. The zero-order valence-corrected chi connectivity index (χ0v) is 14.5. The summed E-state index contributed by atoms with van der Waals surface area (Å²) < 4.78 is 21.0. The lowest BCUT2D eigenvalue weighted by Gasteiger charge is -2.14. The van der Waals surface area contributed by atoms with Crippen molar-refractivity contribution in [1.82, 2.24) is 14.8 Å². The molecule has 23 heavy (non-hydrogen) atoms. The van der Waals surface area contributed by atoms with Crippen LogP contribution in [0.3, 0.4) is 0 Å². The zero-order valence-electron chi connectivity index (χ0n) is 13.0. The lowest BCUT2D eigenvalue weighted by molar-refractivity contribution is 0.0942. The number of aromatic nitrogens is 3. The van der Waals surface area contributed by atoms with Crippen LogP contribution in [0.5, 0.6) is 0 Å². The molecule has 0 aliphatic carbocycles. The van der Waals surface area contributed by atoms with Crippen molar-refractivity contribution in [2.24, 2.45) is 0 Å². The molecule has 1 saturated heterocycles. The number of thioether (sulfide) groups is 1. The Kier molecular flexibility index (Phi) is 5.56. The van der Waals surface area contributed by atoms with Gasteiger partial charge in [-0.1, -0.05) is 36.4 Å². The van der Waals surface area contributed by atoms with E-state index in [0.717, 1.165) is 49.0 Å². The van der Waals surface area contributed by atoms with E-state index in [2.05, 4.69) is 21.7 Å². The van der Waals surface area contributed by atoms with Gasteiger partial charge in [0.05, 0.1) is 12.6 Å². The molecule has 1 aromatic carbocycles. The molecule has 0 amide bonds. The third-order valence-corrected chi connectivity index (χ3v) is 5.26. The van der Waals surface area contributed by atoms with Gasteiger partial charge in [0.1, 0.15) is 11.6 Å². The van der Waals surface area contributed by atoms with Crippen LogP contribution in [0.15, 0.2) is 23.4 Å². The SMILES string of the molecule is CCc1nnc(SCc2ccc(F)cc2Cl)n1CC1CCCO1. The molecule has 0 N–H and O–H groups in total. The molecule has 0 radical (unpaired) electrons. The fraction of sp³-hybridized carbons (Fsp3) is 0.500. The van der Waals surface area contributed by atoms with Gasteiger partial charge in [0.15, 0.2) is 5.16 Å². The Labute approximate surface area is 144 Å². The van der Waals surface area contributed by atoms with Crippen molar-refractivity contribution < 1.29 is 9.13 Å². The van der Waals surface area contributed by atoms with Crippen LogP contribution < -0.4 is 0 Å².